The molecule has 1 heterocycles. The predicted octanol–water partition coefficient (Wildman–Crippen LogP) is 0.600. The van der Waals surface area contributed by atoms with E-state index in [1.165, 1.54) is 12.0 Å². The van der Waals surface area contributed by atoms with E-state index in [2.05, 4.69) is 12.2 Å². The molecule has 0 aromatic carbocycles. The zero-order valence-corrected chi connectivity index (χ0v) is 5.12. The van der Waals surface area contributed by atoms with Gasteiger partial charge in [-0.3, -0.25) is 0 Å². The Morgan fingerprint density at radius 2 is 2.71 bits per heavy atom. The van der Waals surface area contributed by atoms with Crippen molar-refractivity contribution in [2.24, 2.45) is 0 Å². The van der Waals surface area contributed by atoms with Gasteiger partial charge in [-0.25, -0.2) is 0 Å². The number of hydrogen-bond acceptors (Lipinski definition) is 3. The molecule has 1 rings (SSSR count). The molecule has 2 nitrogen and oxygen atoms in total. The molecule has 1 atom stereocenters. The van der Waals surface area contributed by atoms with Crippen molar-refractivity contribution in [2.45, 2.75) is 12.3 Å². The van der Waals surface area contributed by atoms with E-state index >= 15 is 0 Å². The first-order valence-corrected chi connectivity index (χ1v) is 3.22. The van der Waals surface area contributed by atoms with Gasteiger partial charge in [0.25, 0.3) is 0 Å². The molecule has 0 spiro atoms. The Hall–Kier alpha value is 0.270. The van der Waals surface area contributed by atoms with Gasteiger partial charge in [0.15, 0.2) is 0 Å². The summed E-state index contributed by atoms with van der Waals surface area (Å²) in [5, 5.41) is 3.70. The lowest BCUT2D eigenvalue weighted by Crippen LogP contribution is -2.31. The third-order valence-corrected chi connectivity index (χ3v) is 1.59. The van der Waals surface area contributed by atoms with Gasteiger partial charge in [-0.15, -0.1) is 0 Å². The maximum atomic E-state index is 5.04. The van der Waals surface area contributed by atoms with Gasteiger partial charge in [-0.2, -0.15) is 0 Å². The molecule has 1 aliphatic heterocycles. The molecular weight excluding hydrogens is 110 g/mol. The summed E-state index contributed by atoms with van der Waals surface area (Å²) < 4.78 is 5.04. The van der Waals surface area contributed by atoms with Gasteiger partial charge >= 0.3 is 0 Å². The molecule has 3 heteroatoms. The molecule has 7 heavy (non-hydrogen) atoms. The molecule has 0 radical (unpaired) electrons. The fourth-order valence-corrected chi connectivity index (χ4v) is 1.06. The van der Waals surface area contributed by atoms with Crippen LogP contribution in [-0.2, 0) is 4.18 Å². The number of hydrogen-bond donors (Lipinski definition) is 1. The molecule has 0 bridgehead atoms. The van der Waals surface area contributed by atoms with Gasteiger partial charge in [-0.1, -0.05) is 0 Å². The second-order valence-electron chi connectivity index (χ2n) is 1.51. The minimum Gasteiger partial charge on any atom is -0.312 e. The second kappa shape index (κ2) is 2.55. The topological polar surface area (TPSA) is 21.3 Å². The van der Waals surface area contributed by atoms with E-state index in [0.29, 0.717) is 5.37 Å². The van der Waals surface area contributed by atoms with Crippen LogP contribution in [0.3, 0.4) is 0 Å². The maximum Gasteiger partial charge on any atom is 0.0770 e. The smallest absolute Gasteiger partial charge is 0.0770 e. The van der Waals surface area contributed by atoms with Crippen LogP contribution in [0.25, 0.3) is 0 Å². The SMILES string of the molecule is CC1NCCOS1. The van der Waals surface area contributed by atoms with Crippen LogP contribution >= 0.6 is 12.0 Å². The van der Waals surface area contributed by atoms with E-state index in [0.717, 1.165) is 13.2 Å². The van der Waals surface area contributed by atoms with E-state index in [9.17, 15) is 0 Å². The summed E-state index contributed by atoms with van der Waals surface area (Å²) in [5.41, 5.74) is 0. The Labute approximate surface area is 47.8 Å². The van der Waals surface area contributed by atoms with Crippen molar-refractivity contribution >= 4 is 12.0 Å². The van der Waals surface area contributed by atoms with Gasteiger partial charge in [0.05, 0.1) is 12.0 Å². The minimum absolute atomic E-state index is 0.480. The van der Waals surface area contributed by atoms with Gasteiger partial charge in [0, 0.05) is 18.6 Å². The number of rotatable bonds is 0. The highest BCUT2D eigenvalue weighted by Crippen LogP contribution is 2.11. The lowest BCUT2D eigenvalue weighted by atomic mass is 10.6. The van der Waals surface area contributed by atoms with Crippen LogP contribution < -0.4 is 5.32 Å². The van der Waals surface area contributed by atoms with Crippen molar-refractivity contribution in [3.63, 3.8) is 0 Å². The quantitative estimate of drug-likeness (QED) is 0.472. The second-order valence-corrected chi connectivity index (χ2v) is 2.65. The Morgan fingerprint density at radius 3 is 3.00 bits per heavy atom. The van der Waals surface area contributed by atoms with Crippen molar-refractivity contribution in [1.82, 2.24) is 5.32 Å². The van der Waals surface area contributed by atoms with Crippen LogP contribution in [0, 0.1) is 0 Å². The zero-order chi connectivity index (χ0) is 5.11. The third-order valence-electron chi connectivity index (χ3n) is 0.830. The summed E-state index contributed by atoms with van der Waals surface area (Å²) in [6, 6.07) is 0. The van der Waals surface area contributed by atoms with Gasteiger partial charge in [0.2, 0.25) is 0 Å². The molecular formula is C4H9NOS. The van der Waals surface area contributed by atoms with Crippen molar-refractivity contribution < 1.29 is 4.18 Å². The Morgan fingerprint density at radius 1 is 1.86 bits per heavy atom. The average Bonchev–Trinajstić information content (AvgIpc) is 1.69. The Bertz CT molecular complexity index is 53.7. The van der Waals surface area contributed by atoms with Crippen LogP contribution in [0.2, 0.25) is 0 Å². The first-order chi connectivity index (χ1) is 3.39. The molecule has 1 unspecified atom stereocenters. The molecule has 1 aliphatic rings. The molecule has 1 fully saturated rings. The van der Waals surface area contributed by atoms with E-state index in [1.54, 1.807) is 0 Å². The summed E-state index contributed by atoms with van der Waals surface area (Å²) >= 11 is 1.51. The van der Waals surface area contributed by atoms with E-state index in [1.807, 2.05) is 0 Å². The molecule has 42 valence electrons. The highest BCUT2D eigenvalue weighted by Gasteiger charge is 2.05. The average molecular weight is 119 g/mol. The van der Waals surface area contributed by atoms with Gasteiger partial charge in [0.1, 0.15) is 0 Å². The van der Waals surface area contributed by atoms with Crippen molar-refractivity contribution in [3.8, 4) is 0 Å². The summed E-state index contributed by atoms with van der Waals surface area (Å²) in [6.07, 6.45) is 0. The molecule has 0 aromatic rings. The van der Waals surface area contributed by atoms with Crippen LogP contribution in [-0.4, -0.2) is 18.5 Å². The molecule has 0 amide bonds. The van der Waals surface area contributed by atoms with Gasteiger partial charge in [-0.05, 0) is 6.92 Å². The molecule has 0 aliphatic carbocycles. The standard InChI is InChI=1S/C4H9NOS/c1-4-5-2-3-6-7-4/h4-5H,2-3H2,1H3. The van der Waals surface area contributed by atoms with Crippen LogP contribution in [0.1, 0.15) is 6.92 Å². The van der Waals surface area contributed by atoms with E-state index in [4.69, 9.17) is 4.18 Å². The highest BCUT2D eigenvalue weighted by molar-refractivity contribution is 7.95. The van der Waals surface area contributed by atoms with Crippen molar-refractivity contribution in [2.75, 3.05) is 13.2 Å². The third kappa shape index (κ3) is 1.67. The first-order valence-electron chi connectivity index (χ1n) is 2.41. The normalized spacial score (nSPS) is 33.0. The van der Waals surface area contributed by atoms with Gasteiger partial charge < -0.3 is 9.50 Å². The molecule has 0 saturated carbocycles. The maximum absolute atomic E-state index is 5.04. The molecule has 1 saturated heterocycles. The summed E-state index contributed by atoms with van der Waals surface area (Å²) in [5.74, 6) is 0. The predicted molar refractivity (Wildman–Crippen MR) is 31.0 cm³/mol. The van der Waals surface area contributed by atoms with Crippen LogP contribution in [0.4, 0.5) is 0 Å². The van der Waals surface area contributed by atoms with Crippen molar-refractivity contribution in [3.05, 3.63) is 0 Å². The fourth-order valence-electron chi connectivity index (χ4n) is 0.488. The largest absolute Gasteiger partial charge is 0.312 e. The molecule has 0 aromatic heterocycles. The summed E-state index contributed by atoms with van der Waals surface area (Å²) in [4.78, 5) is 0. The van der Waals surface area contributed by atoms with E-state index < -0.39 is 0 Å². The fraction of sp³-hybridized carbons (Fsp3) is 1.00. The minimum atomic E-state index is 0.480. The van der Waals surface area contributed by atoms with E-state index in [-0.39, 0.29) is 0 Å². The zero-order valence-electron chi connectivity index (χ0n) is 4.31. The monoisotopic (exact) mass is 119 g/mol. The van der Waals surface area contributed by atoms with Crippen LogP contribution in [0.15, 0.2) is 0 Å². The molecule has 1 N–H and O–H groups in total. The summed E-state index contributed by atoms with van der Waals surface area (Å²) in [6.45, 7) is 3.92. The summed E-state index contributed by atoms with van der Waals surface area (Å²) in [7, 11) is 0. The lowest BCUT2D eigenvalue weighted by molar-refractivity contribution is 0.336. The first kappa shape index (κ1) is 5.41. The number of nitrogens with one attached hydrogen (secondary N) is 1. The highest BCUT2D eigenvalue weighted by atomic mass is 32.2. The van der Waals surface area contributed by atoms with Crippen LogP contribution in [0.5, 0.6) is 0 Å². The van der Waals surface area contributed by atoms with Crippen molar-refractivity contribution in [1.29, 1.82) is 0 Å². The Balaban J connectivity index is 2.12. The Kier molecular flexibility index (Phi) is 1.97. The lowest BCUT2D eigenvalue weighted by Gasteiger charge is -2.17.